The van der Waals surface area contributed by atoms with Crippen molar-refractivity contribution in [1.29, 1.82) is 0 Å². The molecule has 7 heteroatoms. The summed E-state index contributed by atoms with van der Waals surface area (Å²) < 4.78 is 24.1. The van der Waals surface area contributed by atoms with Crippen LogP contribution in [0.15, 0.2) is 18.2 Å². The Hall–Kier alpha value is -1.73. The van der Waals surface area contributed by atoms with Crippen LogP contribution >= 0.6 is 12.2 Å². The first-order chi connectivity index (χ1) is 10.1. The highest BCUT2D eigenvalue weighted by Gasteiger charge is 2.16. The van der Waals surface area contributed by atoms with E-state index in [0.29, 0.717) is 18.8 Å². The number of nitrogens with two attached hydrogens (primary N) is 1. The van der Waals surface area contributed by atoms with Crippen molar-refractivity contribution in [2.45, 2.75) is 18.9 Å². The number of benzene rings is 1. The van der Waals surface area contributed by atoms with Crippen LogP contribution in [0.3, 0.4) is 0 Å². The summed E-state index contributed by atoms with van der Waals surface area (Å²) in [5.74, 6) is -0.879. The highest BCUT2D eigenvalue weighted by atomic mass is 32.1. The normalized spacial score (nSPS) is 15.5. The second-order valence-corrected chi connectivity index (χ2v) is 5.19. The van der Waals surface area contributed by atoms with Gasteiger partial charge in [0.05, 0.1) is 0 Å². The second kappa shape index (κ2) is 7.33. The summed E-state index contributed by atoms with van der Waals surface area (Å²) in [6.07, 6.45) is 1.56. The molecule has 1 saturated heterocycles. The Morgan fingerprint density at radius 1 is 1.48 bits per heavy atom. The summed E-state index contributed by atoms with van der Waals surface area (Å²) in [5, 5.41) is 2.83. The van der Waals surface area contributed by atoms with Crippen molar-refractivity contribution in [2.75, 3.05) is 19.8 Å². The van der Waals surface area contributed by atoms with E-state index in [0.717, 1.165) is 12.8 Å². The van der Waals surface area contributed by atoms with Gasteiger partial charge in [-0.05, 0) is 31.0 Å². The average Bonchev–Trinajstić information content (AvgIpc) is 2.47. The van der Waals surface area contributed by atoms with E-state index in [-0.39, 0.29) is 29.3 Å². The predicted octanol–water partition coefficient (Wildman–Crippen LogP) is 1.13. The molecule has 5 nitrogen and oxygen atoms in total. The third-order valence-corrected chi connectivity index (χ3v) is 3.40. The molecule has 1 aromatic carbocycles. The number of ether oxygens (including phenoxy) is 2. The number of halogens is 1. The molecule has 0 aliphatic carbocycles. The van der Waals surface area contributed by atoms with E-state index in [2.05, 4.69) is 5.32 Å². The Morgan fingerprint density at radius 3 is 2.81 bits per heavy atom. The van der Waals surface area contributed by atoms with Gasteiger partial charge >= 0.3 is 0 Å². The van der Waals surface area contributed by atoms with Crippen molar-refractivity contribution < 1.29 is 18.7 Å². The third-order valence-electron chi connectivity index (χ3n) is 3.16. The summed E-state index contributed by atoms with van der Waals surface area (Å²) in [6.45, 7) is 1.04. The van der Waals surface area contributed by atoms with E-state index in [1.807, 2.05) is 0 Å². The molecule has 1 heterocycles. The van der Waals surface area contributed by atoms with Gasteiger partial charge in [-0.25, -0.2) is 4.39 Å². The number of carbonyl (C=O) groups is 1. The standard InChI is InChI=1S/C14H17FN2O3S/c15-11-7-9(14(16)21)1-2-12(11)20-8-13(18)17-10-3-5-19-6-4-10/h1-2,7,10H,3-6,8H2,(H2,16,21)(H,17,18). The van der Waals surface area contributed by atoms with E-state index >= 15 is 0 Å². The SMILES string of the molecule is NC(=S)c1ccc(OCC(=O)NC2CCOCC2)c(F)c1. The first-order valence-corrected chi connectivity index (χ1v) is 7.06. The summed E-state index contributed by atoms with van der Waals surface area (Å²) in [6, 6.07) is 4.24. The fourth-order valence-electron chi connectivity index (χ4n) is 2.03. The van der Waals surface area contributed by atoms with Crippen LogP contribution < -0.4 is 15.8 Å². The minimum atomic E-state index is -0.598. The maximum atomic E-state index is 13.7. The lowest BCUT2D eigenvalue weighted by atomic mass is 10.1. The van der Waals surface area contributed by atoms with Gasteiger partial charge in [-0.1, -0.05) is 12.2 Å². The summed E-state index contributed by atoms with van der Waals surface area (Å²) in [5.41, 5.74) is 5.83. The molecule has 1 aliphatic rings. The lowest BCUT2D eigenvalue weighted by Crippen LogP contribution is -2.41. The van der Waals surface area contributed by atoms with Gasteiger partial charge in [-0.2, -0.15) is 0 Å². The van der Waals surface area contributed by atoms with E-state index in [1.54, 1.807) is 6.07 Å². The van der Waals surface area contributed by atoms with Crippen LogP contribution in [0.25, 0.3) is 0 Å². The van der Waals surface area contributed by atoms with Gasteiger partial charge in [0, 0.05) is 24.8 Å². The second-order valence-electron chi connectivity index (χ2n) is 4.75. The molecule has 1 aliphatic heterocycles. The first-order valence-electron chi connectivity index (χ1n) is 6.65. The van der Waals surface area contributed by atoms with Crippen molar-refractivity contribution in [2.24, 2.45) is 5.73 Å². The summed E-state index contributed by atoms with van der Waals surface area (Å²) in [7, 11) is 0. The van der Waals surface area contributed by atoms with Crippen molar-refractivity contribution in [3.8, 4) is 5.75 Å². The van der Waals surface area contributed by atoms with Crippen molar-refractivity contribution >= 4 is 23.1 Å². The topological polar surface area (TPSA) is 73.6 Å². The van der Waals surface area contributed by atoms with Crippen molar-refractivity contribution in [3.05, 3.63) is 29.6 Å². The summed E-state index contributed by atoms with van der Waals surface area (Å²) in [4.78, 5) is 11.8. The van der Waals surface area contributed by atoms with Crippen molar-refractivity contribution in [1.82, 2.24) is 5.32 Å². The van der Waals surface area contributed by atoms with E-state index < -0.39 is 5.82 Å². The highest BCUT2D eigenvalue weighted by Crippen LogP contribution is 2.18. The quantitative estimate of drug-likeness (QED) is 0.798. The van der Waals surface area contributed by atoms with Crippen LogP contribution in [0.2, 0.25) is 0 Å². The van der Waals surface area contributed by atoms with Gasteiger partial charge < -0.3 is 20.5 Å². The van der Waals surface area contributed by atoms with Gasteiger partial charge in [0.25, 0.3) is 5.91 Å². The smallest absolute Gasteiger partial charge is 0.258 e. The molecule has 0 aromatic heterocycles. The summed E-state index contributed by atoms with van der Waals surface area (Å²) >= 11 is 4.76. The van der Waals surface area contributed by atoms with E-state index in [9.17, 15) is 9.18 Å². The zero-order valence-electron chi connectivity index (χ0n) is 11.4. The molecular formula is C14H17FN2O3S. The largest absolute Gasteiger partial charge is 0.481 e. The molecule has 3 N–H and O–H groups in total. The minimum absolute atomic E-state index is 0.00266. The molecule has 0 atom stereocenters. The average molecular weight is 312 g/mol. The molecule has 1 aromatic rings. The van der Waals surface area contributed by atoms with E-state index in [4.69, 9.17) is 27.4 Å². The molecular weight excluding hydrogens is 295 g/mol. The number of hydrogen-bond acceptors (Lipinski definition) is 4. The molecule has 0 unspecified atom stereocenters. The Kier molecular flexibility index (Phi) is 5.46. The van der Waals surface area contributed by atoms with Crippen LogP contribution in [-0.2, 0) is 9.53 Å². The Bertz CT molecular complexity index is 533. The number of amides is 1. The van der Waals surface area contributed by atoms with Gasteiger partial charge in [0.1, 0.15) is 4.99 Å². The Labute approximate surface area is 127 Å². The lowest BCUT2D eigenvalue weighted by molar-refractivity contribution is -0.124. The molecule has 114 valence electrons. The molecule has 21 heavy (non-hydrogen) atoms. The monoisotopic (exact) mass is 312 g/mol. The van der Waals surface area contributed by atoms with Gasteiger partial charge in [-0.3, -0.25) is 4.79 Å². The number of nitrogens with one attached hydrogen (secondary N) is 1. The van der Waals surface area contributed by atoms with Gasteiger partial charge in [0.2, 0.25) is 0 Å². The molecule has 0 radical (unpaired) electrons. The Morgan fingerprint density at radius 2 is 2.19 bits per heavy atom. The maximum absolute atomic E-state index is 13.7. The number of hydrogen-bond donors (Lipinski definition) is 2. The molecule has 1 amide bonds. The van der Waals surface area contributed by atoms with Gasteiger partial charge in [0.15, 0.2) is 18.2 Å². The molecule has 2 rings (SSSR count). The molecule has 0 bridgehead atoms. The fraction of sp³-hybridized carbons (Fsp3) is 0.429. The van der Waals surface area contributed by atoms with Crippen LogP contribution in [0.1, 0.15) is 18.4 Å². The molecule has 1 fully saturated rings. The van der Waals surface area contributed by atoms with Gasteiger partial charge in [-0.15, -0.1) is 0 Å². The number of carbonyl (C=O) groups excluding carboxylic acids is 1. The van der Waals surface area contributed by atoms with Crippen LogP contribution in [0, 0.1) is 5.82 Å². The first kappa shape index (κ1) is 15.7. The van der Waals surface area contributed by atoms with Crippen LogP contribution in [0.5, 0.6) is 5.75 Å². The lowest BCUT2D eigenvalue weighted by Gasteiger charge is -2.23. The third kappa shape index (κ3) is 4.64. The van der Waals surface area contributed by atoms with Crippen LogP contribution in [0.4, 0.5) is 4.39 Å². The molecule has 0 saturated carbocycles. The predicted molar refractivity (Wildman–Crippen MR) is 79.8 cm³/mol. The zero-order valence-corrected chi connectivity index (χ0v) is 12.2. The minimum Gasteiger partial charge on any atom is -0.481 e. The van der Waals surface area contributed by atoms with Crippen molar-refractivity contribution in [3.63, 3.8) is 0 Å². The Balaban J connectivity index is 1.84. The molecule has 0 spiro atoms. The van der Waals surface area contributed by atoms with E-state index in [1.165, 1.54) is 12.1 Å². The fourth-order valence-corrected chi connectivity index (χ4v) is 2.15. The highest BCUT2D eigenvalue weighted by molar-refractivity contribution is 7.80. The van der Waals surface area contributed by atoms with Crippen LogP contribution in [-0.4, -0.2) is 36.8 Å². The zero-order chi connectivity index (χ0) is 15.2. The maximum Gasteiger partial charge on any atom is 0.258 e. The number of rotatable bonds is 5. The number of thiocarbonyl (C=S) groups is 1.